The third kappa shape index (κ3) is 8.27. The molecule has 3 heteroatoms. The van der Waals surface area contributed by atoms with E-state index in [2.05, 4.69) is 41.5 Å². The number of methoxy groups -OCH3 is 1. The molecular weight excluding hydrogens is 255 g/mol. The average molecular weight is 292 g/mol. The van der Waals surface area contributed by atoms with Crippen LogP contribution in [0.25, 0.3) is 0 Å². The second-order valence-electron chi connectivity index (χ2n) is 7.54. The van der Waals surface area contributed by atoms with Crippen LogP contribution in [-0.2, 0) is 4.74 Å². The zero-order valence-corrected chi connectivity index (χ0v) is 15.2. The van der Waals surface area contributed by atoms with Gasteiger partial charge in [0.25, 0.3) is 0 Å². The number of rotatable bonds is 10. The summed E-state index contributed by atoms with van der Waals surface area (Å²) < 4.78 is 5.48. The topological polar surface area (TPSA) is 29.5 Å². The van der Waals surface area contributed by atoms with Crippen LogP contribution in [0, 0.1) is 17.8 Å². The predicted octanol–water partition coefficient (Wildman–Crippen LogP) is 3.71. The third-order valence-corrected chi connectivity index (χ3v) is 10.1. The van der Waals surface area contributed by atoms with Gasteiger partial charge in [0, 0.05) is 0 Å². The zero-order chi connectivity index (χ0) is 15.1. The van der Waals surface area contributed by atoms with Crippen molar-refractivity contribution < 1.29 is 9.84 Å². The second kappa shape index (κ2) is 9.32. The van der Waals surface area contributed by atoms with Crippen molar-refractivity contribution in [2.24, 2.45) is 17.8 Å². The van der Waals surface area contributed by atoms with E-state index in [1.165, 1.54) is 18.5 Å². The van der Waals surface area contributed by atoms with Crippen molar-refractivity contribution in [3.05, 3.63) is 0 Å². The van der Waals surface area contributed by atoms with E-state index in [4.69, 9.17) is 4.74 Å². The Morgan fingerprint density at radius 3 is 1.37 bits per heavy atom. The fourth-order valence-electron chi connectivity index (χ4n) is 3.80. The van der Waals surface area contributed by atoms with E-state index in [1.54, 1.807) is 7.11 Å². The number of ether oxygens (including phenoxy) is 1. The second-order valence-corrected chi connectivity index (χ2v) is 12.2. The van der Waals surface area contributed by atoms with Crippen molar-refractivity contribution in [2.45, 2.75) is 47.6 Å². The van der Waals surface area contributed by atoms with Crippen LogP contribution in [0.1, 0.15) is 41.5 Å². The van der Waals surface area contributed by atoms with Crippen LogP contribution in [0.2, 0.25) is 0 Å². The van der Waals surface area contributed by atoms with Gasteiger partial charge < -0.3 is 0 Å². The Balaban J connectivity index is 5.08. The van der Waals surface area contributed by atoms with Crippen LogP contribution in [0.5, 0.6) is 0 Å². The molecule has 0 rings (SSSR count). The summed E-state index contributed by atoms with van der Waals surface area (Å²) in [5.41, 5.74) is 0. The van der Waals surface area contributed by atoms with Crippen LogP contribution in [0.4, 0.5) is 0 Å². The van der Waals surface area contributed by atoms with Gasteiger partial charge in [-0.3, -0.25) is 0 Å². The zero-order valence-electron chi connectivity index (χ0n) is 14.2. The molecule has 1 unspecified atom stereocenters. The van der Waals surface area contributed by atoms with Crippen LogP contribution in [0.15, 0.2) is 0 Å². The van der Waals surface area contributed by atoms with Crippen molar-refractivity contribution >= 4 is 7.26 Å². The molecule has 1 atom stereocenters. The molecule has 0 aromatic rings. The number of aliphatic hydroxyl groups is 1. The fraction of sp³-hybridized carbons (Fsp3) is 1.00. The Bertz CT molecular complexity index is 196. The summed E-state index contributed by atoms with van der Waals surface area (Å²) in [6, 6.07) is 0. The van der Waals surface area contributed by atoms with Crippen LogP contribution >= 0.6 is 7.26 Å². The monoisotopic (exact) mass is 292 g/mol. The summed E-state index contributed by atoms with van der Waals surface area (Å²) in [7, 11) is 0.361. The standard InChI is InChI=1S/C16H37O2P/c1-13(2)9-19(10-14(3)4,11-15(5)6)12-16(8-17)18-7/h13-17,19H,8-12H2,1-7H3. The number of hydrogen-bond acceptors (Lipinski definition) is 2. The minimum absolute atomic E-state index is 0.0444. The van der Waals surface area contributed by atoms with Gasteiger partial charge in [-0.05, 0) is 0 Å². The van der Waals surface area contributed by atoms with Gasteiger partial charge in [-0.1, -0.05) is 0 Å². The summed E-state index contributed by atoms with van der Waals surface area (Å²) >= 11 is 0. The molecule has 0 amide bonds. The van der Waals surface area contributed by atoms with Crippen molar-refractivity contribution in [3.8, 4) is 0 Å². The van der Waals surface area contributed by atoms with E-state index in [-0.39, 0.29) is 12.7 Å². The Morgan fingerprint density at radius 2 is 1.16 bits per heavy atom. The summed E-state index contributed by atoms with van der Waals surface area (Å²) in [4.78, 5) is 0. The normalized spacial score (nSPS) is 15.5. The van der Waals surface area contributed by atoms with Crippen LogP contribution in [0.3, 0.4) is 0 Å². The fourth-order valence-corrected chi connectivity index (χ4v) is 11.3. The van der Waals surface area contributed by atoms with Gasteiger partial charge in [0.2, 0.25) is 0 Å². The van der Waals surface area contributed by atoms with Crippen LogP contribution < -0.4 is 0 Å². The maximum atomic E-state index is 9.49. The molecule has 0 saturated carbocycles. The molecule has 0 aliphatic rings. The van der Waals surface area contributed by atoms with Crippen molar-refractivity contribution in [1.82, 2.24) is 0 Å². The van der Waals surface area contributed by atoms with Gasteiger partial charge in [-0.15, -0.1) is 0 Å². The summed E-state index contributed by atoms with van der Waals surface area (Å²) in [5, 5.41) is 9.49. The van der Waals surface area contributed by atoms with Crippen molar-refractivity contribution in [3.63, 3.8) is 0 Å². The molecule has 0 aliphatic carbocycles. The van der Waals surface area contributed by atoms with Gasteiger partial charge in [-0.25, -0.2) is 0 Å². The number of aliphatic hydroxyl groups excluding tert-OH is 1. The first kappa shape index (κ1) is 19.4. The van der Waals surface area contributed by atoms with E-state index in [0.29, 0.717) is 0 Å². The third-order valence-electron chi connectivity index (χ3n) is 3.72. The molecule has 1 N–H and O–H groups in total. The average Bonchev–Trinajstić information content (AvgIpc) is 2.22. The Labute approximate surface area is 121 Å². The van der Waals surface area contributed by atoms with Gasteiger partial charge in [0.15, 0.2) is 0 Å². The predicted molar refractivity (Wildman–Crippen MR) is 90.2 cm³/mol. The summed E-state index contributed by atoms with van der Waals surface area (Å²) in [6.45, 7) is 14.2. The molecule has 0 spiro atoms. The molecule has 118 valence electrons. The molecular formula is C16H37O2P. The van der Waals surface area contributed by atoms with Gasteiger partial charge in [0.05, 0.1) is 0 Å². The van der Waals surface area contributed by atoms with E-state index in [1.807, 2.05) is 0 Å². The summed E-state index contributed by atoms with van der Waals surface area (Å²) in [5.74, 6) is 2.25. The molecule has 0 aromatic carbocycles. The first-order valence-electron chi connectivity index (χ1n) is 7.88. The van der Waals surface area contributed by atoms with Crippen molar-refractivity contribution in [2.75, 3.05) is 38.4 Å². The van der Waals surface area contributed by atoms with Crippen LogP contribution in [-0.4, -0.2) is 49.6 Å². The first-order chi connectivity index (χ1) is 8.74. The van der Waals surface area contributed by atoms with Gasteiger partial charge >= 0.3 is 121 Å². The molecule has 0 saturated heterocycles. The minimum atomic E-state index is -1.37. The molecule has 0 heterocycles. The summed E-state index contributed by atoms with van der Waals surface area (Å²) in [6.07, 6.45) is 5.26. The molecule has 0 bridgehead atoms. The van der Waals surface area contributed by atoms with Gasteiger partial charge in [0.1, 0.15) is 0 Å². The Hall–Kier alpha value is 0.350. The van der Waals surface area contributed by atoms with E-state index < -0.39 is 7.26 Å². The first-order valence-corrected chi connectivity index (χ1v) is 10.7. The van der Waals surface area contributed by atoms with Gasteiger partial charge in [-0.2, -0.15) is 0 Å². The molecule has 0 aliphatic heterocycles. The van der Waals surface area contributed by atoms with Crippen molar-refractivity contribution in [1.29, 1.82) is 0 Å². The molecule has 0 aromatic heterocycles. The molecule has 0 fully saturated rings. The molecule has 19 heavy (non-hydrogen) atoms. The molecule has 2 nitrogen and oxygen atoms in total. The molecule has 0 radical (unpaired) electrons. The van der Waals surface area contributed by atoms with E-state index in [0.717, 1.165) is 23.9 Å². The maximum absolute atomic E-state index is 9.49. The van der Waals surface area contributed by atoms with E-state index >= 15 is 0 Å². The SMILES string of the molecule is COC(CO)C[PH](CC(C)C)(CC(C)C)CC(C)C. The quantitative estimate of drug-likeness (QED) is 0.622. The van der Waals surface area contributed by atoms with E-state index in [9.17, 15) is 5.11 Å². The Morgan fingerprint density at radius 1 is 0.789 bits per heavy atom. The Kier molecular flexibility index (Phi) is 9.49. The number of hydrogen-bond donors (Lipinski definition) is 1.